The van der Waals surface area contributed by atoms with Crippen LogP contribution in [0, 0.1) is 6.92 Å². The number of hydrazine groups is 1. The van der Waals surface area contributed by atoms with Gasteiger partial charge in [-0.05, 0) is 42.7 Å². The second-order valence-electron chi connectivity index (χ2n) is 6.77. The molecule has 1 fully saturated rings. The van der Waals surface area contributed by atoms with Gasteiger partial charge in [-0.25, -0.2) is 10.9 Å². The van der Waals surface area contributed by atoms with Crippen molar-refractivity contribution in [1.29, 1.82) is 0 Å². The monoisotopic (exact) mass is 381 g/mol. The summed E-state index contributed by atoms with van der Waals surface area (Å²) < 4.78 is 1.89. The summed E-state index contributed by atoms with van der Waals surface area (Å²) in [4.78, 5) is 15.2. The maximum atomic E-state index is 12.6. The molecule has 0 spiro atoms. The number of nitrogens with zero attached hydrogens (tertiary/aromatic N) is 2. The first-order chi connectivity index (χ1) is 13.2. The summed E-state index contributed by atoms with van der Waals surface area (Å²) in [7, 11) is 0. The highest BCUT2D eigenvalue weighted by Gasteiger charge is 2.30. The number of carbonyl (C=O) groups excluding carboxylic acids is 1. The lowest BCUT2D eigenvalue weighted by molar-refractivity contribution is -0.123. The summed E-state index contributed by atoms with van der Waals surface area (Å²) in [6.07, 6.45) is 4.46. The summed E-state index contributed by atoms with van der Waals surface area (Å²) in [6.45, 7) is 3.31. The minimum absolute atomic E-state index is 0.0205. The molecule has 4 rings (SSSR count). The van der Waals surface area contributed by atoms with Gasteiger partial charge in [-0.1, -0.05) is 24.3 Å². The fourth-order valence-electron chi connectivity index (χ4n) is 3.31. The van der Waals surface area contributed by atoms with Gasteiger partial charge in [0.05, 0.1) is 12.6 Å². The lowest BCUT2D eigenvalue weighted by Gasteiger charge is -2.13. The summed E-state index contributed by atoms with van der Waals surface area (Å²) in [5.74, 6) is 0.0205. The van der Waals surface area contributed by atoms with Crippen molar-refractivity contribution in [3.63, 3.8) is 0 Å². The minimum atomic E-state index is -0.226. The normalized spacial score (nSPS) is 19.3. The van der Waals surface area contributed by atoms with E-state index in [2.05, 4.69) is 52.5 Å². The molecule has 1 aromatic carbocycles. The van der Waals surface area contributed by atoms with E-state index in [0.717, 1.165) is 17.5 Å². The van der Waals surface area contributed by atoms with Crippen LogP contribution in [-0.4, -0.2) is 21.7 Å². The largest absolute Gasteiger partial charge is 0.351 e. The molecular weight excluding hydrogens is 358 g/mol. The van der Waals surface area contributed by atoms with Gasteiger partial charge in [0, 0.05) is 28.7 Å². The van der Waals surface area contributed by atoms with Crippen LogP contribution >= 0.6 is 11.3 Å². The van der Waals surface area contributed by atoms with Crippen LogP contribution in [0.15, 0.2) is 54.9 Å². The minimum Gasteiger partial charge on any atom is -0.351 e. The standard InChI is InChI=1S/C20H23N5OS/c1-14-7-8-19(27-14)17-11-18(24-23-17)20(26)21-12-15-5-2-3-6-16(15)13-25-10-4-9-22-25/h2-10,17-18,23-24H,11-13H2,1H3,(H,21,26). The Bertz CT molecular complexity index is 905. The average Bonchev–Trinajstić information content (AvgIpc) is 3.42. The van der Waals surface area contributed by atoms with Crippen molar-refractivity contribution in [3.05, 3.63) is 75.7 Å². The number of carbonyl (C=O) groups is 1. The van der Waals surface area contributed by atoms with Gasteiger partial charge in [0.15, 0.2) is 0 Å². The van der Waals surface area contributed by atoms with Gasteiger partial charge < -0.3 is 5.32 Å². The van der Waals surface area contributed by atoms with E-state index < -0.39 is 0 Å². The van der Waals surface area contributed by atoms with Gasteiger partial charge in [-0.15, -0.1) is 11.3 Å². The Kier molecular flexibility index (Phi) is 5.33. The number of nitrogens with one attached hydrogen (secondary N) is 3. The van der Waals surface area contributed by atoms with Gasteiger partial charge >= 0.3 is 0 Å². The smallest absolute Gasteiger partial charge is 0.238 e. The highest BCUT2D eigenvalue weighted by molar-refractivity contribution is 7.12. The maximum absolute atomic E-state index is 12.6. The van der Waals surface area contributed by atoms with E-state index >= 15 is 0 Å². The third-order valence-corrected chi connectivity index (χ3v) is 5.90. The van der Waals surface area contributed by atoms with Gasteiger partial charge in [0.1, 0.15) is 6.04 Å². The first-order valence-electron chi connectivity index (χ1n) is 9.08. The summed E-state index contributed by atoms with van der Waals surface area (Å²) in [5, 5.41) is 7.33. The molecule has 0 saturated carbocycles. The van der Waals surface area contributed by atoms with Crippen LogP contribution < -0.4 is 16.2 Å². The topological polar surface area (TPSA) is 71.0 Å². The van der Waals surface area contributed by atoms with Crippen LogP contribution in [0.25, 0.3) is 0 Å². The molecule has 27 heavy (non-hydrogen) atoms. The number of amides is 1. The van der Waals surface area contributed by atoms with E-state index in [1.807, 2.05) is 29.1 Å². The third-order valence-electron chi connectivity index (χ3n) is 4.79. The van der Waals surface area contributed by atoms with Gasteiger partial charge in [0.25, 0.3) is 0 Å². The van der Waals surface area contributed by atoms with E-state index in [-0.39, 0.29) is 18.0 Å². The molecule has 0 aliphatic carbocycles. The molecule has 0 radical (unpaired) electrons. The highest BCUT2D eigenvalue weighted by Crippen LogP contribution is 2.28. The SMILES string of the molecule is Cc1ccc(C2CC(C(=O)NCc3ccccc3Cn3cccn3)NN2)s1. The van der Waals surface area contributed by atoms with E-state index in [4.69, 9.17) is 0 Å². The second-order valence-corrected chi connectivity index (χ2v) is 8.09. The fourth-order valence-corrected chi connectivity index (χ4v) is 4.25. The molecule has 2 aromatic heterocycles. The zero-order valence-electron chi connectivity index (χ0n) is 15.2. The van der Waals surface area contributed by atoms with Crippen LogP contribution in [0.2, 0.25) is 0 Å². The predicted molar refractivity (Wildman–Crippen MR) is 106 cm³/mol. The molecule has 7 heteroatoms. The zero-order chi connectivity index (χ0) is 18.6. The van der Waals surface area contributed by atoms with E-state index in [1.54, 1.807) is 17.5 Å². The Morgan fingerprint density at radius 2 is 2.07 bits per heavy atom. The van der Waals surface area contributed by atoms with E-state index in [1.165, 1.54) is 9.75 Å². The Balaban J connectivity index is 1.35. The van der Waals surface area contributed by atoms with Crippen molar-refractivity contribution < 1.29 is 4.79 Å². The van der Waals surface area contributed by atoms with Crippen molar-refractivity contribution in [2.24, 2.45) is 0 Å². The first kappa shape index (κ1) is 17.9. The molecule has 1 amide bonds. The quantitative estimate of drug-likeness (QED) is 0.614. The molecule has 0 bridgehead atoms. The molecule has 3 aromatic rings. The number of benzene rings is 1. The number of rotatable bonds is 6. The Labute approximate surface area is 162 Å². The Morgan fingerprint density at radius 1 is 1.22 bits per heavy atom. The van der Waals surface area contributed by atoms with Crippen LogP contribution in [-0.2, 0) is 17.9 Å². The molecule has 2 atom stereocenters. The van der Waals surface area contributed by atoms with Crippen molar-refractivity contribution in [2.45, 2.75) is 38.5 Å². The van der Waals surface area contributed by atoms with Crippen molar-refractivity contribution in [2.75, 3.05) is 0 Å². The number of aryl methyl sites for hydroxylation is 1. The molecular formula is C20H23N5OS. The van der Waals surface area contributed by atoms with Gasteiger partial charge in [0.2, 0.25) is 5.91 Å². The zero-order valence-corrected chi connectivity index (χ0v) is 16.0. The van der Waals surface area contributed by atoms with Crippen LogP contribution in [0.4, 0.5) is 0 Å². The third kappa shape index (κ3) is 4.27. The summed E-state index contributed by atoms with van der Waals surface area (Å²) in [6, 6.07) is 14.3. The predicted octanol–water partition coefficient (Wildman–Crippen LogP) is 2.53. The molecule has 3 heterocycles. The maximum Gasteiger partial charge on any atom is 0.238 e. The van der Waals surface area contributed by atoms with Crippen LogP contribution in [0.1, 0.15) is 33.3 Å². The molecule has 1 aliphatic heterocycles. The molecule has 2 unspecified atom stereocenters. The fraction of sp³-hybridized carbons (Fsp3) is 0.300. The average molecular weight is 382 g/mol. The van der Waals surface area contributed by atoms with Crippen molar-refractivity contribution in [1.82, 2.24) is 25.9 Å². The van der Waals surface area contributed by atoms with Gasteiger partial charge in [-0.2, -0.15) is 5.10 Å². The van der Waals surface area contributed by atoms with Crippen LogP contribution in [0.5, 0.6) is 0 Å². The molecule has 140 valence electrons. The molecule has 3 N–H and O–H groups in total. The summed E-state index contributed by atoms with van der Waals surface area (Å²) in [5.41, 5.74) is 8.64. The molecule has 1 saturated heterocycles. The number of hydrogen-bond acceptors (Lipinski definition) is 5. The number of hydrogen-bond donors (Lipinski definition) is 3. The second kappa shape index (κ2) is 8.04. The highest BCUT2D eigenvalue weighted by atomic mass is 32.1. The molecule has 1 aliphatic rings. The Morgan fingerprint density at radius 3 is 2.81 bits per heavy atom. The van der Waals surface area contributed by atoms with Crippen molar-refractivity contribution in [3.8, 4) is 0 Å². The lowest BCUT2D eigenvalue weighted by atomic mass is 10.1. The van der Waals surface area contributed by atoms with Crippen molar-refractivity contribution >= 4 is 17.2 Å². The number of aromatic nitrogens is 2. The lowest BCUT2D eigenvalue weighted by Crippen LogP contribution is -2.43. The molecule has 6 nitrogen and oxygen atoms in total. The first-order valence-corrected chi connectivity index (χ1v) is 9.90. The number of thiophene rings is 1. The van der Waals surface area contributed by atoms with E-state index in [9.17, 15) is 4.79 Å². The van der Waals surface area contributed by atoms with Gasteiger partial charge in [-0.3, -0.25) is 9.48 Å². The van der Waals surface area contributed by atoms with E-state index in [0.29, 0.717) is 13.1 Å². The Hall–Kier alpha value is -2.48. The van der Waals surface area contributed by atoms with Crippen LogP contribution in [0.3, 0.4) is 0 Å². The summed E-state index contributed by atoms with van der Waals surface area (Å²) >= 11 is 1.77.